The zero-order chi connectivity index (χ0) is 37.4. The highest BCUT2D eigenvalue weighted by Crippen LogP contribution is 2.24. The quantitative estimate of drug-likeness (QED) is 0.0530. The van der Waals surface area contributed by atoms with Gasteiger partial charge in [0.1, 0.15) is 11.5 Å². The number of hydrogen-bond acceptors (Lipinski definition) is 8. The summed E-state index contributed by atoms with van der Waals surface area (Å²) < 4.78 is 5.27. The van der Waals surface area contributed by atoms with Crippen molar-refractivity contribution in [3.05, 3.63) is 108 Å². The molecule has 0 fully saturated rings. The molecule has 264 valence electrons. The lowest BCUT2D eigenvalue weighted by molar-refractivity contribution is -0.138. The monoisotopic (exact) mass is 692 g/mol. The van der Waals surface area contributed by atoms with Gasteiger partial charge in [0.2, 0.25) is 0 Å². The minimum atomic E-state index is -0.819. The number of unbranched alkanes of at least 4 members (excludes halogenated alkanes) is 4. The molecule has 0 saturated heterocycles. The van der Waals surface area contributed by atoms with E-state index < -0.39 is 17.9 Å². The number of phenols is 1. The second kappa shape index (κ2) is 23.0. The molecule has 0 saturated carbocycles. The number of ether oxygens (including phenoxy) is 1. The van der Waals surface area contributed by atoms with Gasteiger partial charge in [-0.15, -0.1) is 0 Å². The summed E-state index contributed by atoms with van der Waals surface area (Å²) in [6, 6.07) is 32.9. The molecule has 0 aliphatic carbocycles. The number of hydrogen-bond donors (Lipinski definition) is 4. The summed E-state index contributed by atoms with van der Waals surface area (Å²) in [7, 11) is 0. The van der Waals surface area contributed by atoms with Gasteiger partial charge >= 0.3 is 23.9 Å². The first kappa shape index (κ1) is 40.7. The van der Waals surface area contributed by atoms with Gasteiger partial charge in [-0.25, -0.2) is 0 Å². The predicted molar refractivity (Wildman–Crippen MR) is 190 cm³/mol. The number of aliphatic carboxylic acids is 3. The summed E-state index contributed by atoms with van der Waals surface area (Å²) in [5.74, 6) is -2.03. The molecule has 0 aliphatic rings. The van der Waals surface area contributed by atoms with Crippen LogP contribution in [-0.4, -0.2) is 44.3 Å². The van der Waals surface area contributed by atoms with Crippen molar-refractivity contribution in [1.82, 2.24) is 0 Å². The number of nitrogens with zero attached hydrogens (tertiary/aromatic N) is 2. The van der Waals surface area contributed by atoms with E-state index in [4.69, 9.17) is 35.7 Å². The fraction of sp³-hybridized carbons (Fsp3) is 0.250. The van der Waals surface area contributed by atoms with Crippen molar-refractivity contribution >= 4 is 23.9 Å². The Labute approximate surface area is 296 Å². The molecule has 0 aromatic heterocycles. The number of aromatic hydroxyl groups is 1. The molecule has 4 aromatic carbocycles. The fourth-order valence-electron chi connectivity index (χ4n) is 4.48. The molecule has 11 heteroatoms. The lowest BCUT2D eigenvalue weighted by Gasteiger charge is -2.06. The van der Waals surface area contributed by atoms with E-state index >= 15 is 0 Å². The first-order chi connectivity index (χ1) is 24.5. The maximum Gasteiger partial charge on any atom is 0.311 e. The van der Waals surface area contributed by atoms with Gasteiger partial charge in [0.15, 0.2) is 0 Å². The highest BCUT2D eigenvalue weighted by atomic mass is 16.5. The van der Waals surface area contributed by atoms with Gasteiger partial charge < -0.3 is 25.2 Å². The van der Waals surface area contributed by atoms with Gasteiger partial charge in [0.25, 0.3) is 0 Å². The molecule has 0 aliphatic heterocycles. The molecule has 0 radical (unpaired) electrons. The van der Waals surface area contributed by atoms with Crippen molar-refractivity contribution in [2.75, 3.05) is 0 Å². The summed E-state index contributed by atoms with van der Waals surface area (Å²) in [5, 5.41) is 51.6. The third kappa shape index (κ3) is 17.5. The molecule has 4 N–H and O–H groups in total. The van der Waals surface area contributed by atoms with Crippen LogP contribution in [0.4, 0.5) is 0 Å². The summed E-state index contributed by atoms with van der Waals surface area (Å²) in [4.78, 5) is 42.1. The van der Waals surface area contributed by atoms with Crippen LogP contribution in [0.5, 0.6) is 11.5 Å². The van der Waals surface area contributed by atoms with Crippen LogP contribution in [0.2, 0.25) is 0 Å². The topological polar surface area (TPSA) is 206 Å². The molecule has 0 spiro atoms. The molecule has 4 aromatic rings. The Bertz CT molecular complexity index is 1760. The van der Waals surface area contributed by atoms with E-state index in [1.807, 2.05) is 48.5 Å². The first-order valence-corrected chi connectivity index (χ1v) is 16.3. The zero-order valence-electron chi connectivity index (χ0n) is 28.0. The number of carboxylic acids is 3. The maximum absolute atomic E-state index is 11.8. The summed E-state index contributed by atoms with van der Waals surface area (Å²) in [5.41, 5.74) is 5.27. The van der Waals surface area contributed by atoms with Gasteiger partial charge in [-0.05, 0) is 96.5 Å². The highest BCUT2D eigenvalue weighted by molar-refractivity contribution is 5.73. The van der Waals surface area contributed by atoms with Crippen LogP contribution in [0.3, 0.4) is 0 Å². The molecule has 0 bridgehead atoms. The van der Waals surface area contributed by atoms with Crippen LogP contribution in [0.25, 0.3) is 22.3 Å². The number of phenolic OH excluding ortho intramolecular Hbond substituents is 1. The molecular formula is C40H40N2O9. The number of esters is 1. The van der Waals surface area contributed by atoms with Gasteiger partial charge in [-0.2, -0.15) is 10.5 Å². The predicted octanol–water partition coefficient (Wildman–Crippen LogP) is 8.20. The average molecular weight is 693 g/mol. The van der Waals surface area contributed by atoms with Gasteiger partial charge in [0.05, 0.1) is 23.3 Å². The van der Waals surface area contributed by atoms with Crippen LogP contribution in [0.1, 0.15) is 75.3 Å². The summed E-state index contributed by atoms with van der Waals surface area (Å²) in [6.45, 7) is 0. The van der Waals surface area contributed by atoms with Gasteiger partial charge in [-0.3, -0.25) is 19.2 Å². The molecule has 0 amide bonds. The smallest absolute Gasteiger partial charge is 0.311 e. The lowest BCUT2D eigenvalue weighted by atomic mass is 10.0. The van der Waals surface area contributed by atoms with Crippen molar-refractivity contribution in [2.24, 2.45) is 0 Å². The van der Waals surface area contributed by atoms with E-state index in [0.29, 0.717) is 55.4 Å². The summed E-state index contributed by atoms with van der Waals surface area (Å²) in [6.07, 6.45) is 4.39. The first-order valence-electron chi connectivity index (χ1n) is 16.3. The minimum absolute atomic E-state index is 0.131. The maximum atomic E-state index is 11.8. The Morgan fingerprint density at radius 1 is 0.471 bits per heavy atom. The van der Waals surface area contributed by atoms with Crippen LogP contribution in [0, 0.1) is 22.7 Å². The van der Waals surface area contributed by atoms with Crippen molar-refractivity contribution in [2.45, 2.75) is 64.2 Å². The molecule has 0 atom stereocenters. The van der Waals surface area contributed by atoms with Crippen molar-refractivity contribution in [3.8, 4) is 45.9 Å². The molecule has 11 nitrogen and oxygen atoms in total. The third-order valence-corrected chi connectivity index (χ3v) is 7.20. The average Bonchev–Trinajstić information content (AvgIpc) is 3.12. The van der Waals surface area contributed by atoms with Gasteiger partial charge in [0, 0.05) is 25.7 Å². The third-order valence-electron chi connectivity index (χ3n) is 7.20. The zero-order valence-corrected chi connectivity index (χ0v) is 28.0. The number of carbonyl (C=O) groups excluding carboxylic acids is 1. The van der Waals surface area contributed by atoms with E-state index in [1.165, 1.54) is 0 Å². The minimum Gasteiger partial charge on any atom is -0.508 e. The van der Waals surface area contributed by atoms with Crippen molar-refractivity contribution in [1.29, 1.82) is 10.5 Å². The molecule has 51 heavy (non-hydrogen) atoms. The van der Waals surface area contributed by atoms with E-state index in [-0.39, 0.29) is 37.4 Å². The number of carboxylic acid groups (broad SMARTS) is 3. The van der Waals surface area contributed by atoms with Crippen molar-refractivity contribution in [3.63, 3.8) is 0 Å². The van der Waals surface area contributed by atoms with Crippen LogP contribution >= 0.6 is 0 Å². The normalized spacial score (nSPS) is 9.76. The summed E-state index contributed by atoms with van der Waals surface area (Å²) >= 11 is 0. The number of carbonyl (C=O) groups is 4. The second-order valence-electron chi connectivity index (χ2n) is 11.2. The second-order valence-corrected chi connectivity index (χ2v) is 11.2. The Balaban J connectivity index is 0.000000294. The number of benzene rings is 4. The standard InChI is InChI=1S/C20H19NO4.C13H9NO.C7H12O4/c21-14-15-6-8-16(9-7-15)17-10-12-18(13-11-17)25-20(24)5-3-1-2-4-19(22)23;14-9-10-1-3-11(4-2-10)12-5-7-13(15)8-6-12;8-6(9)4-2-1-3-5-7(10)11/h6-13H,1-5H2,(H,22,23);1-8,15H;1-5H2,(H,8,9)(H,10,11). The van der Waals surface area contributed by atoms with Gasteiger partial charge in [-0.1, -0.05) is 61.4 Å². The van der Waals surface area contributed by atoms with E-state index in [1.54, 1.807) is 48.5 Å². The Morgan fingerprint density at radius 2 is 0.784 bits per heavy atom. The van der Waals surface area contributed by atoms with Crippen molar-refractivity contribution < 1.29 is 44.3 Å². The SMILES string of the molecule is N#Cc1ccc(-c2ccc(O)cc2)cc1.N#Cc1ccc(-c2ccc(OC(=O)CCCCCC(=O)O)cc2)cc1.O=C(O)CCCCCC(=O)O. The number of rotatable bonds is 15. The molecule has 4 rings (SSSR count). The molecular weight excluding hydrogens is 652 g/mol. The van der Waals surface area contributed by atoms with Crippen LogP contribution in [-0.2, 0) is 19.2 Å². The van der Waals surface area contributed by atoms with E-state index in [2.05, 4.69) is 12.1 Å². The largest absolute Gasteiger partial charge is 0.508 e. The lowest BCUT2D eigenvalue weighted by Crippen LogP contribution is -2.07. The van der Waals surface area contributed by atoms with E-state index in [0.717, 1.165) is 22.3 Å². The van der Waals surface area contributed by atoms with Crippen LogP contribution in [0.15, 0.2) is 97.1 Å². The molecule has 0 heterocycles. The Kier molecular flexibility index (Phi) is 18.4. The Morgan fingerprint density at radius 3 is 1.12 bits per heavy atom. The number of nitriles is 2. The highest BCUT2D eigenvalue weighted by Gasteiger charge is 2.07. The molecule has 0 unspecified atom stereocenters. The Hall–Kier alpha value is -6.46. The fourth-order valence-corrected chi connectivity index (χ4v) is 4.48. The van der Waals surface area contributed by atoms with Crippen LogP contribution < -0.4 is 4.74 Å². The van der Waals surface area contributed by atoms with E-state index in [9.17, 15) is 19.2 Å².